The lowest BCUT2D eigenvalue weighted by atomic mass is 10.1. The molecule has 8 nitrogen and oxygen atoms in total. The van der Waals surface area contributed by atoms with Crippen LogP contribution in [0.5, 0.6) is 0 Å². The van der Waals surface area contributed by atoms with Crippen molar-refractivity contribution in [2.45, 2.75) is 67.3 Å². The number of hydrogen-bond acceptors (Lipinski definition) is 7. The molecule has 0 heterocycles. The molecule has 0 unspecified atom stereocenters. The minimum Gasteiger partial charge on any atom is -0.481 e. The first kappa shape index (κ1) is 36.5. The Morgan fingerprint density at radius 1 is 1.00 bits per heavy atom. The number of nitrogens with one attached hydrogen (secondary N) is 2. The van der Waals surface area contributed by atoms with Crippen LogP contribution in [0.25, 0.3) is 0 Å². The van der Waals surface area contributed by atoms with E-state index < -0.39 is 12.0 Å². The molecule has 0 aliphatic heterocycles. The smallest absolute Gasteiger partial charge is 0.303 e. The van der Waals surface area contributed by atoms with Gasteiger partial charge in [-0.15, -0.1) is 0 Å². The number of likely N-dealkylation sites (N-methyl/N-ethyl adjacent to an activating group) is 1. The van der Waals surface area contributed by atoms with Crippen molar-refractivity contribution in [2.24, 2.45) is 0 Å². The van der Waals surface area contributed by atoms with Crippen molar-refractivity contribution in [3.63, 3.8) is 0 Å². The number of amides is 1. The van der Waals surface area contributed by atoms with Gasteiger partial charge in [-0.3, -0.25) is 19.2 Å². The minimum absolute atomic E-state index is 0.0237. The van der Waals surface area contributed by atoms with Gasteiger partial charge in [0.25, 0.3) is 0 Å². The molecule has 0 aliphatic carbocycles. The Kier molecular flexibility index (Phi) is 43.5. The van der Waals surface area contributed by atoms with E-state index in [9.17, 15) is 19.2 Å². The zero-order valence-corrected chi connectivity index (χ0v) is 19.2. The molecule has 0 saturated heterocycles. The van der Waals surface area contributed by atoms with E-state index in [1.807, 2.05) is 41.5 Å². The molecular formula is C18H40N2O6S. The van der Waals surface area contributed by atoms with Gasteiger partial charge in [-0.2, -0.15) is 0 Å². The van der Waals surface area contributed by atoms with Crippen molar-refractivity contribution in [3.05, 3.63) is 0 Å². The first-order valence-corrected chi connectivity index (χ1v) is 10.3. The van der Waals surface area contributed by atoms with Gasteiger partial charge in [0.05, 0.1) is 12.6 Å². The second-order valence-corrected chi connectivity index (χ2v) is 4.79. The predicted molar refractivity (Wildman–Crippen MR) is 113 cm³/mol. The fraction of sp³-hybridized carbons (Fsp3) is 0.778. The molecule has 1 atom stereocenters. The molecular weight excluding hydrogens is 372 g/mol. The Morgan fingerprint density at radius 3 is 1.67 bits per heavy atom. The highest BCUT2D eigenvalue weighted by Gasteiger charge is 2.17. The fourth-order valence-corrected chi connectivity index (χ4v) is 1.20. The lowest BCUT2D eigenvalue weighted by Gasteiger charge is -2.14. The lowest BCUT2D eigenvalue weighted by Crippen LogP contribution is -2.44. The number of aliphatic hydroxyl groups excluding tert-OH is 1. The van der Waals surface area contributed by atoms with E-state index in [2.05, 4.69) is 10.6 Å². The molecule has 164 valence electrons. The Balaban J connectivity index is -0.000000112. The first-order chi connectivity index (χ1) is 12.8. The van der Waals surface area contributed by atoms with Crippen LogP contribution in [0.4, 0.5) is 0 Å². The van der Waals surface area contributed by atoms with Gasteiger partial charge < -0.3 is 20.8 Å². The summed E-state index contributed by atoms with van der Waals surface area (Å²) in [4.78, 5) is 42.2. The van der Waals surface area contributed by atoms with Crippen LogP contribution in [0.15, 0.2) is 0 Å². The third-order valence-corrected chi connectivity index (χ3v) is 2.76. The van der Waals surface area contributed by atoms with Gasteiger partial charge in [-0.1, -0.05) is 53.3 Å². The van der Waals surface area contributed by atoms with Gasteiger partial charge in [-0.25, -0.2) is 0 Å². The molecule has 4 N–H and O–H groups in total. The molecule has 0 aliphatic rings. The molecule has 9 heteroatoms. The van der Waals surface area contributed by atoms with Crippen LogP contribution in [0.1, 0.15) is 61.3 Å². The normalized spacial score (nSPS) is 9.11. The molecule has 27 heavy (non-hydrogen) atoms. The number of hydrogen-bond donors (Lipinski definition) is 4. The third kappa shape index (κ3) is 36.3. The maximum Gasteiger partial charge on any atom is 0.303 e. The molecule has 0 spiro atoms. The van der Waals surface area contributed by atoms with Crippen LogP contribution < -0.4 is 10.6 Å². The van der Waals surface area contributed by atoms with E-state index in [0.29, 0.717) is 0 Å². The molecule has 0 saturated carbocycles. The summed E-state index contributed by atoms with van der Waals surface area (Å²) in [5.74, 6) is -1.44. The van der Waals surface area contributed by atoms with Crippen molar-refractivity contribution in [2.75, 3.05) is 26.5 Å². The zero-order chi connectivity index (χ0) is 22.8. The summed E-state index contributed by atoms with van der Waals surface area (Å²) in [5.41, 5.74) is 0. The summed E-state index contributed by atoms with van der Waals surface area (Å²) in [6, 6.07) is -0.569. The molecule has 0 aromatic rings. The number of rotatable bonds is 8. The van der Waals surface area contributed by atoms with Gasteiger partial charge in [0.2, 0.25) is 11.0 Å². The zero-order valence-electron chi connectivity index (χ0n) is 18.3. The second kappa shape index (κ2) is 32.2. The summed E-state index contributed by atoms with van der Waals surface area (Å²) in [5, 5.41) is 21.3. The summed E-state index contributed by atoms with van der Waals surface area (Å²) >= 11 is 1.04. The van der Waals surface area contributed by atoms with Crippen molar-refractivity contribution < 1.29 is 29.4 Å². The fourth-order valence-electron chi connectivity index (χ4n) is 1.07. The van der Waals surface area contributed by atoms with Crippen LogP contribution in [-0.2, 0) is 19.2 Å². The highest BCUT2D eigenvalue weighted by Crippen LogP contribution is 1.97. The van der Waals surface area contributed by atoms with Gasteiger partial charge in [0.15, 0.2) is 0 Å². The quantitative estimate of drug-likeness (QED) is 0.476. The number of carboxylic acids is 1. The Morgan fingerprint density at radius 2 is 1.44 bits per heavy atom. The predicted octanol–water partition coefficient (Wildman–Crippen LogP) is 2.09. The van der Waals surface area contributed by atoms with Crippen LogP contribution in [-0.4, -0.2) is 65.5 Å². The summed E-state index contributed by atoms with van der Waals surface area (Å²) in [6.07, 6.45) is 1.76. The summed E-state index contributed by atoms with van der Waals surface area (Å²) < 4.78 is 0. The Bertz CT molecular complexity index is 360. The molecule has 0 aromatic heterocycles. The van der Waals surface area contributed by atoms with Crippen LogP contribution in [0, 0.1) is 0 Å². The van der Waals surface area contributed by atoms with Gasteiger partial charge in [-0.05, 0) is 26.6 Å². The van der Waals surface area contributed by atoms with E-state index in [1.165, 1.54) is 6.92 Å². The molecule has 0 aromatic carbocycles. The van der Waals surface area contributed by atoms with Gasteiger partial charge >= 0.3 is 5.97 Å². The molecule has 1 amide bonds. The van der Waals surface area contributed by atoms with E-state index in [0.717, 1.165) is 11.8 Å². The first-order valence-electron chi connectivity index (χ1n) is 9.12. The molecule has 0 bridgehead atoms. The average Bonchev–Trinajstić information content (AvgIpc) is 2.71. The van der Waals surface area contributed by atoms with Crippen molar-refractivity contribution >= 4 is 34.5 Å². The number of aliphatic carboxylic acids is 1. The number of thioether (sulfide) groups is 1. The minimum atomic E-state index is -0.949. The highest BCUT2D eigenvalue weighted by atomic mass is 32.2. The number of carbonyl (C=O) groups excluding carboxylic acids is 3. The summed E-state index contributed by atoms with van der Waals surface area (Å²) in [6.45, 7) is 13.0. The molecule has 0 fully saturated rings. The van der Waals surface area contributed by atoms with E-state index in [4.69, 9.17) is 10.2 Å². The van der Waals surface area contributed by atoms with E-state index >= 15 is 0 Å². The van der Waals surface area contributed by atoms with Crippen molar-refractivity contribution in [1.29, 1.82) is 0 Å². The summed E-state index contributed by atoms with van der Waals surface area (Å²) in [7, 11) is 1.57. The van der Waals surface area contributed by atoms with Crippen LogP contribution >= 0.6 is 11.8 Å². The maximum absolute atomic E-state index is 11.4. The largest absolute Gasteiger partial charge is 0.481 e. The topological polar surface area (TPSA) is 133 Å². The number of ketones is 1. The number of aliphatic hydroxyl groups is 1. The SMILES string of the molecule is CC.CC.CC.CN[C@@H](CCC(=O)O)C(=O)NCC(C)=O.CSC(=O)CO. The molecule has 0 radical (unpaired) electrons. The average molecular weight is 413 g/mol. The monoisotopic (exact) mass is 412 g/mol. The third-order valence-electron chi connectivity index (χ3n) is 2.18. The lowest BCUT2D eigenvalue weighted by molar-refractivity contribution is -0.137. The van der Waals surface area contributed by atoms with Crippen LogP contribution in [0.2, 0.25) is 0 Å². The van der Waals surface area contributed by atoms with Crippen molar-refractivity contribution in [3.8, 4) is 0 Å². The number of carbonyl (C=O) groups is 4. The Hall–Kier alpha value is -1.45. The van der Waals surface area contributed by atoms with E-state index in [1.54, 1.807) is 13.3 Å². The maximum atomic E-state index is 11.4. The number of carboxylic acid groups (broad SMARTS) is 1. The Labute approximate surface area is 168 Å². The van der Waals surface area contributed by atoms with Crippen molar-refractivity contribution in [1.82, 2.24) is 10.6 Å². The highest BCUT2D eigenvalue weighted by molar-refractivity contribution is 8.13. The van der Waals surface area contributed by atoms with E-state index in [-0.39, 0.29) is 42.8 Å². The number of Topliss-reactive ketones (excluding diaryl/α,β-unsaturated/α-hetero) is 1. The van der Waals surface area contributed by atoms with Gasteiger partial charge in [0.1, 0.15) is 12.4 Å². The second-order valence-electron chi connectivity index (χ2n) is 3.93. The van der Waals surface area contributed by atoms with Crippen LogP contribution in [0.3, 0.4) is 0 Å². The standard InChI is InChI=1S/C9H16N2O4.C3H6O2S.3C2H6/c1-6(12)5-11-9(15)7(10-2)3-4-8(13)14;1-6-3(5)2-4;3*1-2/h7,10H,3-5H2,1-2H3,(H,11,15)(H,13,14);4H,2H2,1H3;3*1-2H3/t7-;;;;/m0..../s1. The molecule has 0 rings (SSSR count). The van der Waals surface area contributed by atoms with Gasteiger partial charge in [0, 0.05) is 6.42 Å².